The van der Waals surface area contributed by atoms with Crippen molar-refractivity contribution in [1.82, 2.24) is 0 Å². The average Bonchev–Trinajstić information content (AvgIpc) is 2.91. The second-order valence-corrected chi connectivity index (χ2v) is 9.76. The van der Waals surface area contributed by atoms with E-state index in [1.54, 1.807) is 12.1 Å². The predicted octanol–water partition coefficient (Wildman–Crippen LogP) is 7.32. The first-order chi connectivity index (χ1) is 17.7. The molecule has 0 saturated heterocycles. The summed E-state index contributed by atoms with van der Waals surface area (Å²) < 4.78 is 11.4. The number of nitriles is 2. The van der Waals surface area contributed by atoms with Gasteiger partial charge in [0.05, 0.1) is 24.3 Å². The number of unbranched alkanes of at least 4 members (excludes halogenated alkanes) is 2. The highest BCUT2D eigenvalue weighted by Crippen LogP contribution is 2.41. The van der Waals surface area contributed by atoms with Crippen molar-refractivity contribution in [3.05, 3.63) is 71.8 Å². The fourth-order valence-electron chi connectivity index (χ4n) is 3.09. The molecule has 36 heavy (non-hydrogen) atoms. The van der Waals surface area contributed by atoms with Gasteiger partial charge in [-0.1, -0.05) is 23.5 Å². The zero-order valence-electron chi connectivity index (χ0n) is 19.7. The van der Waals surface area contributed by atoms with Crippen molar-refractivity contribution in [2.75, 3.05) is 13.2 Å². The minimum Gasteiger partial charge on any atom is -0.494 e. The summed E-state index contributed by atoms with van der Waals surface area (Å²) in [5, 5.41) is 19.1. The number of rotatable bonds is 12. The number of ether oxygens (including phenoxy) is 2. The largest absolute Gasteiger partial charge is 0.494 e. The van der Waals surface area contributed by atoms with E-state index in [0.717, 1.165) is 43.9 Å². The van der Waals surface area contributed by atoms with Gasteiger partial charge >= 0.3 is 0 Å². The molecular formula is C30H24N2O2S2. The molecule has 4 nitrogen and oxygen atoms in total. The van der Waals surface area contributed by atoms with E-state index in [-0.39, 0.29) is 0 Å². The lowest BCUT2D eigenvalue weighted by molar-refractivity contribution is 0.312. The van der Waals surface area contributed by atoms with Gasteiger partial charge in [-0.2, -0.15) is 10.5 Å². The molecule has 0 spiro atoms. The van der Waals surface area contributed by atoms with Gasteiger partial charge in [0.15, 0.2) is 0 Å². The number of hydrogen-bond acceptors (Lipinski definition) is 6. The van der Waals surface area contributed by atoms with Crippen LogP contribution in [0, 0.1) is 47.3 Å². The molecule has 6 heteroatoms. The lowest BCUT2D eigenvalue weighted by Crippen LogP contribution is -1.96. The van der Waals surface area contributed by atoms with E-state index in [0.29, 0.717) is 37.2 Å². The van der Waals surface area contributed by atoms with Crippen LogP contribution in [0.25, 0.3) is 0 Å². The van der Waals surface area contributed by atoms with E-state index >= 15 is 0 Å². The number of hydrogen-bond donors (Lipinski definition) is 0. The van der Waals surface area contributed by atoms with E-state index in [4.69, 9.17) is 22.3 Å². The summed E-state index contributed by atoms with van der Waals surface area (Å²) in [4.78, 5) is 3.79. The van der Waals surface area contributed by atoms with E-state index in [9.17, 15) is 10.5 Å². The third kappa shape index (κ3) is 8.08. The first-order valence-corrected chi connectivity index (χ1v) is 13.0. The van der Waals surface area contributed by atoms with Gasteiger partial charge in [0.25, 0.3) is 0 Å². The van der Waals surface area contributed by atoms with Crippen molar-refractivity contribution >= 4 is 23.5 Å². The van der Waals surface area contributed by atoms with Gasteiger partial charge < -0.3 is 9.47 Å². The Morgan fingerprint density at radius 1 is 0.639 bits per heavy atom. The van der Waals surface area contributed by atoms with Crippen LogP contribution in [0.1, 0.15) is 36.8 Å². The van der Waals surface area contributed by atoms with Gasteiger partial charge in [0.1, 0.15) is 23.6 Å². The highest BCUT2D eigenvalue weighted by Gasteiger charge is 2.13. The molecule has 0 atom stereocenters. The average molecular weight is 509 g/mol. The molecule has 3 aromatic carbocycles. The van der Waals surface area contributed by atoms with Crippen LogP contribution in [0.15, 0.2) is 80.2 Å². The van der Waals surface area contributed by atoms with Crippen LogP contribution in [0.3, 0.4) is 0 Å². The van der Waals surface area contributed by atoms with Crippen molar-refractivity contribution in [2.45, 2.75) is 45.3 Å². The molecule has 0 aliphatic carbocycles. The third-order valence-electron chi connectivity index (χ3n) is 4.90. The second kappa shape index (κ2) is 14.5. The van der Waals surface area contributed by atoms with Crippen molar-refractivity contribution in [2.24, 2.45) is 0 Å². The molecule has 0 radical (unpaired) electrons. The molecule has 3 aromatic rings. The topological polar surface area (TPSA) is 66.0 Å². The van der Waals surface area contributed by atoms with Gasteiger partial charge in [-0.25, -0.2) is 0 Å². The molecule has 0 aliphatic heterocycles. The first kappa shape index (κ1) is 26.7. The number of nitrogens with zero attached hydrogens (tertiary/aromatic N) is 2. The molecule has 0 aromatic heterocycles. The maximum Gasteiger partial charge on any atom is 0.119 e. The summed E-state index contributed by atoms with van der Waals surface area (Å²) in [5.74, 6) is 6.77. The summed E-state index contributed by atoms with van der Waals surface area (Å²) in [6.45, 7) is 1.15. The molecule has 178 valence electrons. The van der Waals surface area contributed by atoms with E-state index in [1.807, 2.05) is 48.5 Å². The van der Waals surface area contributed by atoms with Gasteiger partial charge in [0, 0.05) is 32.4 Å². The molecule has 0 fully saturated rings. The Morgan fingerprint density at radius 3 is 1.36 bits per heavy atom. The highest BCUT2D eigenvalue weighted by atomic mass is 32.2. The second-order valence-electron chi connectivity index (χ2n) is 7.53. The zero-order chi connectivity index (χ0) is 25.6. The van der Waals surface area contributed by atoms with E-state index in [1.165, 1.54) is 23.5 Å². The summed E-state index contributed by atoms with van der Waals surface area (Å²) in [5.41, 5.74) is 0.710. The quantitative estimate of drug-likeness (QED) is 0.189. The Kier molecular flexibility index (Phi) is 10.7. The third-order valence-corrected chi connectivity index (χ3v) is 7.16. The van der Waals surface area contributed by atoms with Gasteiger partial charge in [-0.15, -0.1) is 24.7 Å². The van der Waals surface area contributed by atoms with Crippen molar-refractivity contribution in [3.63, 3.8) is 0 Å². The Morgan fingerprint density at radius 2 is 1.03 bits per heavy atom. The number of benzene rings is 3. The van der Waals surface area contributed by atoms with Crippen LogP contribution < -0.4 is 9.47 Å². The molecule has 0 N–H and O–H groups in total. The first-order valence-electron chi connectivity index (χ1n) is 11.3. The molecule has 0 bridgehead atoms. The SMILES string of the molecule is C#CCCCOc1ccc(Sc2cc(C#N)c(C#N)cc2Sc2ccc(OCCCC#C)cc2)cc1. The van der Waals surface area contributed by atoms with Crippen LogP contribution in [0.4, 0.5) is 0 Å². The van der Waals surface area contributed by atoms with E-state index in [2.05, 4.69) is 24.0 Å². The maximum absolute atomic E-state index is 9.54. The molecule has 0 saturated carbocycles. The fraction of sp³-hybridized carbons (Fsp3) is 0.200. The van der Waals surface area contributed by atoms with Gasteiger partial charge in [-0.05, 0) is 73.5 Å². The highest BCUT2D eigenvalue weighted by molar-refractivity contribution is 8.02. The zero-order valence-corrected chi connectivity index (χ0v) is 21.3. The lowest BCUT2D eigenvalue weighted by Gasteiger charge is -2.12. The smallest absolute Gasteiger partial charge is 0.119 e. The molecule has 0 amide bonds. The minimum atomic E-state index is 0.355. The Bertz CT molecular complexity index is 1220. The van der Waals surface area contributed by atoms with Crippen LogP contribution in [-0.4, -0.2) is 13.2 Å². The molecule has 0 aliphatic rings. The predicted molar refractivity (Wildman–Crippen MR) is 144 cm³/mol. The van der Waals surface area contributed by atoms with Crippen LogP contribution in [0.5, 0.6) is 11.5 Å². The molecule has 0 unspecified atom stereocenters. The van der Waals surface area contributed by atoms with Crippen molar-refractivity contribution < 1.29 is 9.47 Å². The lowest BCUT2D eigenvalue weighted by atomic mass is 10.1. The van der Waals surface area contributed by atoms with Crippen molar-refractivity contribution in [3.8, 4) is 48.3 Å². The summed E-state index contributed by atoms with van der Waals surface area (Å²) in [6.07, 6.45) is 13.6. The van der Waals surface area contributed by atoms with Gasteiger partial charge in [0.2, 0.25) is 0 Å². The normalized spacial score (nSPS) is 9.89. The standard InChI is InChI=1S/C30H24N2O2S2/c1-3-5-7-17-33-25-9-13-27(14-10-25)35-29-19-23(21-31)24(22-32)20-30(29)36-28-15-11-26(12-16-28)34-18-8-6-4-2/h1-2,9-16,19-20H,5-8,17-18H2. The van der Waals surface area contributed by atoms with Crippen LogP contribution in [-0.2, 0) is 0 Å². The van der Waals surface area contributed by atoms with Gasteiger partial charge in [-0.3, -0.25) is 0 Å². The molecule has 3 rings (SSSR count). The monoisotopic (exact) mass is 508 g/mol. The minimum absolute atomic E-state index is 0.355. The molecular weight excluding hydrogens is 484 g/mol. The van der Waals surface area contributed by atoms with E-state index < -0.39 is 0 Å². The van der Waals surface area contributed by atoms with Crippen LogP contribution in [0.2, 0.25) is 0 Å². The Balaban J connectivity index is 1.76. The maximum atomic E-state index is 9.54. The molecule has 0 heterocycles. The number of terminal acetylenes is 2. The van der Waals surface area contributed by atoms with Crippen LogP contribution >= 0.6 is 23.5 Å². The Labute approximate surface area is 221 Å². The Hall–Kier alpha value is -3.94. The summed E-state index contributed by atoms with van der Waals surface area (Å²) >= 11 is 3.07. The summed E-state index contributed by atoms with van der Waals surface area (Å²) in [7, 11) is 0. The summed E-state index contributed by atoms with van der Waals surface area (Å²) in [6, 6.07) is 23.4. The fourth-order valence-corrected chi connectivity index (χ4v) is 5.07. The van der Waals surface area contributed by atoms with Crippen molar-refractivity contribution in [1.29, 1.82) is 10.5 Å².